The first-order valence-corrected chi connectivity index (χ1v) is 5.90. The van der Waals surface area contributed by atoms with Gasteiger partial charge in [0.1, 0.15) is 24.8 Å². The molecule has 0 saturated heterocycles. The molecule has 2 aromatic rings. The van der Waals surface area contributed by atoms with Crippen LogP contribution >= 0.6 is 0 Å². The highest BCUT2D eigenvalue weighted by Crippen LogP contribution is 2.18. The summed E-state index contributed by atoms with van der Waals surface area (Å²) in [5.41, 5.74) is 0.537. The van der Waals surface area contributed by atoms with Crippen molar-refractivity contribution in [3.8, 4) is 17.6 Å². The van der Waals surface area contributed by atoms with E-state index < -0.39 is 11.6 Å². The van der Waals surface area contributed by atoms with Crippen LogP contribution in [0.1, 0.15) is 5.56 Å². The van der Waals surface area contributed by atoms with Gasteiger partial charge >= 0.3 is 0 Å². The highest BCUT2D eigenvalue weighted by molar-refractivity contribution is 5.34. The minimum atomic E-state index is -0.621. The molecule has 0 aliphatic carbocycles. The Bertz CT molecular complexity index is 621. The summed E-state index contributed by atoms with van der Waals surface area (Å²) < 4.78 is 36.6. The van der Waals surface area contributed by atoms with Gasteiger partial charge in [0.15, 0.2) is 11.6 Å². The molecule has 0 unspecified atom stereocenters. The Morgan fingerprint density at radius 3 is 2.35 bits per heavy atom. The molecule has 0 bridgehead atoms. The number of nitriles is 1. The van der Waals surface area contributed by atoms with Crippen molar-refractivity contribution in [3.05, 3.63) is 59.7 Å². The first-order chi connectivity index (χ1) is 9.69. The number of nitrogens with zero attached hydrogens (tertiary/aromatic N) is 1. The second-order valence-electron chi connectivity index (χ2n) is 3.91. The summed E-state index contributed by atoms with van der Waals surface area (Å²) in [6.07, 6.45) is 0. The van der Waals surface area contributed by atoms with Crippen LogP contribution in [0.25, 0.3) is 0 Å². The lowest BCUT2D eigenvalue weighted by atomic mass is 10.2. The Labute approximate surface area is 115 Å². The molecule has 0 heterocycles. The average Bonchev–Trinajstić information content (AvgIpc) is 2.47. The van der Waals surface area contributed by atoms with Crippen molar-refractivity contribution in [2.24, 2.45) is 0 Å². The molecule has 0 atom stereocenters. The van der Waals surface area contributed by atoms with E-state index in [4.69, 9.17) is 14.7 Å². The Morgan fingerprint density at radius 2 is 1.65 bits per heavy atom. The lowest BCUT2D eigenvalue weighted by Crippen LogP contribution is -2.09. The van der Waals surface area contributed by atoms with Gasteiger partial charge in [0.2, 0.25) is 0 Å². The van der Waals surface area contributed by atoms with Crippen LogP contribution in [0.5, 0.6) is 11.5 Å². The van der Waals surface area contributed by atoms with E-state index in [9.17, 15) is 8.78 Å². The SMILES string of the molecule is N#Cc1ccc(OCCOc2cc(F)ccc2F)cc1. The molecule has 0 N–H and O–H groups in total. The molecule has 2 aromatic carbocycles. The third-order valence-corrected chi connectivity index (χ3v) is 2.49. The average molecular weight is 275 g/mol. The zero-order valence-corrected chi connectivity index (χ0v) is 10.5. The summed E-state index contributed by atoms with van der Waals surface area (Å²) in [4.78, 5) is 0. The molecule has 5 heteroatoms. The van der Waals surface area contributed by atoms with Crippen LogP contribution < -0.4 is 9.47 Å². The van der Waals surface area contributed by atoms with Crippen molar-refractivity contribution >= 4 is 0 Å². The molecule has 0 saturated carbocycles. The molecule has 20 heavy (non-hydrogen) atoms. The summed E-state index contributed by atoms with van der Waals surface area (Å²) in [6, 6.07) is 11.6. The van der Waals surface area contributed by atoms with Crippen molar-refractivity contribution < 1.29 is 18.3 Å². The predicted molar refractivity (Wildman–Crippen MR) is 68.5 cm³/mol. The Kier molecular flexibility index (Phi) is 4.51. The highest BCUT2D eigenvalue weighted by atomic mass is 19.1. The van der Waals surface area contributed by atoms with Gasteiger partial charge in [-0.1, -0.05) is 0 Å². The second kappa shape index (κ2) is 6.53. The Morgan fingerprint density at radius 1 is 0.950 bits per heavy atom. The van der Waals surface area contributed by atoms with E-state index in [2.05, 4.69) is 0 Å². The standard InChI is InChI=1S/C15H11F2NO2/c16-12-3-6-14(17)15(9-12)20-8-7-19-13-4-1-11(10-18)2-5-13/h1-6,9H,7-8H2. The normalized spacial score (nSPS) is 9.85. The first-order valence-electron chi connectivity index (χ1n) is 5.90. The molecule has 0 fully saturated rings. The van der Waals surface area contributed by atoms with Gasteiger partial charge in [-0.15, -0.1) is 0 Å². The van der Waals surface area contributed by atoms with Gasteiger partial charge in [-0.25, -0.2) is 8.78 Å². The van der Waals surface area contributed by atoms with Crippen molar-refractivity contribution in [3.63, 3.8) is 0 Å². The van der Waals surface area contributed by atoms with E-state index in [1.807, 2.05) is 6.07 Å². The van der Waals surface area contributed by atoms with Gasteiger partial charge in [-0.3, -0.25) is 0 Å². The van der Waals surface area contributed by atoms with Gasteiger partial charge in [0.05, 0.1) is 11.6 Å². The van der Waals surface area contributed by atoms with E-state index in [-0.39, 0.29) is 19.0 Å². The van der Waals surface area contributed by atoms with E-state index in [0.717, 1.165) is 18.2 Å². The van der Waals surface area contributed by atoms with Gasteiger partial charge in [-0.2, -0.15) is 5.26 Å². The number of hydrogen-bond donors (Lipinski definition) is 0. The highest BCUT2D eigenvalue weighted by Gasteiger charge is 2.04. The monoisotopic (exact) mass is 275 g/mol. The number of halogens is 2. The van der Waals surface area contributed by atoms with Crippen molar-refractivity contribution in [2.75, 3.05) is 13.2 Å². The fraction of sp³-hybridized carbons (Fsp3) is 0.133. The Balaban J connectivity index is 1.81. The predicted octanol–water partition coefficient (Wildman–Crippen LogP) is 3.29. The fourth-order valence-electron chi connectivity index (χ4n) is 1.52. The summed E-state index contributed by atoms with van der Waals surface area (Å²) in [5, 5.41) is 8.64. The molecule has 0 radical (unpaired) electrons. The fourth-order valence-corrected chi connectivity index (χ4v) is 1.52. The molecule has 2 rings (SSSR count). The molecule has 0 aliphatic heterocycles. The Hall–Kier alpha value is -2.61. The van der Waals surface area contributed by atoms with Crippen molar-refractivity contribution in [2.45, 2.75) is 0 Å². The van der Waals surface area contributed by atoms with Crippen LogP contribution in [0, 0.1) is 23.0 Å². The van der Waals surface area contributed by atoms with Gasteiger partial charge in [0.25, 0.3) is 0 Å². The number of benzene rings is 2. The van der Waals surface area contributed by atoms with Gasteiger partial charge in [0, 0.05) is 6.07 Å². The zero-order valence-electron chi connectivity index (χ0n) is 10.5. The second-order valence-corrected chi connectivity index (χ2v) is 3.91. The minimum Gasteiger partial charge on any atom is -0.490 e. The summed E-state index contributed by atoms with van der Waals surface area (Å²) in [7, 11) is 0. The topological polar surface area (TPSA) is 42.2 Å². The van der Waals surface area contributed by atoms with Crippen LogP contribution in [0.3, 0.4) is 0 Å². The van der Waals surface area contributed by atoms with E-state index in [1.165, 1.54) is 0 Å². The zero-order chi connectivity index (χ0) is 14.4. The third kappa shape index (κ3) is 3.69. The third-order valence-electron chi connectivity index (χ3n) is 2.49. The molecule has 0 spiro atoms. The summed E-state index contributed by atoms with van der Waals surface area (Å²) in [6.45, 7) is 0.266. The molecule has 0 amide bonds. The number of hydrogen-bond acceptors (Lipinski definition) is 3. The molecule has 0 aromatic heterocycles. The van der Waals surface area contributed by atoms with Crippen molar-refractivity contribution in [1.82, 2.24) is 0 Å². The number of rotatable bonds is 5. The van der Waals surface area contributed by atoms with Gasteiger partial charge < -0.3 is 9.47 Å². The van der Waals surface area contributed by atoms with Gasteiger partial charge in [-0.05, 0) is 36.4 Å². The largest absolute Gasteiger partial charge is 0.490 e. The van der Waals surface area contributed by atoms with Crippen molar-refractivity contribution in [1.29, 1.82) is 5.26 Å². The van der Waals surface area contributed by atoms with Crippen LogP contribution in [-0.2, 0) is 0 Å². The quantitative estimate of drug-likeness (QED) is 0.786. The number of ether oxygens (including phenoxy) is 2. The molecule has 102 valence electrons. The maximum atomic E-state index is 13.2. The summed E-state index contributed by atoms with van der Waals surface area (Å²) in [5.74, 6) is -0.750. The molecule has 3 nitrogen and oxygen atoms in total. The van der Waals surface area contributed by atoms with E-state index >= 15 is 0 Å². The smallest absolute Gasteiger partial charge is 0.165 e. The van der Waals surface area contributed by atoms with E-state index in [0.29, 0.717) is 11.3 Å². The lowest BCUT2D eigenvalue weighted by molar-refractivity contribution is 0.211. The molecular formula is C15H11F2NO2. The molecular weight excluding hydrogens is 264 g/mol. The van der Waals surface area contributed by atoms with Crippen LogP contribution in [0.2, 0.25) is 0 Å². The van der Waals surface area contributed by atoms with Crippen LogP contribution in [0.15, 0.2) is 42.5 Å². The van der Waals surface area contributed by atoms with E-state index in [1.54, 1.807) is 24.3 Å². The lowest BCUT2D eigenvalue weighted by Gasteiger charge is -2.09. The maximum absolute atomic E-state index is 13.2. The minimum absolute atomic E-state index is 0.0837. The van der Waals surface area contributed by atoms with Crippen LogP contribution in [-0.4, -0.2) is 13.2 Å². The summed E-state index contributed by atoms with van der Waals surface area (Å²) >= 11 is 0. The first kappa shape index (κ1) is 13.8. The van der Waals surface area contributed by atoms with Crippen LogP contribution in [0.4, 0.5) is 8.78 Å². The molecule has 0 aliphatic rings. The maximum Gasteiger partial charge on any atom is 0.165 e.